The number of rotatable bonds is 10. The molecule has 0 aromatic heterocycles. The highest BCUT2D eigenvalue weighted by atomic mass is 35.5. The Morgan fingerprint density at radius 1 is 0.840 bits per heavy atom. The fourth-order valence-corrected chi connectivity index (χ4v) is 6.23. The number of hydrogen-bond acceptors (Lipinski definition) is 4. The molecule has 1 aliphatic rings. The highest BCUT2D eigenvalue weighted by Gasteiger charge is 2.38. The van der Waals surface area contributed by atoms with E-state index in [0.717, 1.165) is 21.7 Å². The number of para-hydroxylation sites is 1. The van der Waals surface area contributed by atoms with Crippen LogP contribution in [-0.4, -0.2) is 87.0 Å². The topological polar surface area (TPSA) is 59.1 Å². The first-order chi connectivity index (χ1) is 23.3. The van der Waals surface area contributed by atoms with Crippen LogP contribution in [0.2, 0.25) is 10.0 Å². The van der Waals surface area contributed by atoms with Gasteiger partial charge in [0.25, 0.3) is 5.91 Å². The largest absolute Gasteiger partial charge is 0.416 e. The molecule has 3 amide bonds. The molecule has 1 aliphatic heterocycles. The van der Waals surface area contributed by atoms with Crippen molar-refractivity contribution in [3.63, 3.8) is 0 Å². The molecule has 4 rings (SSSR count). The maximum Gasteiger partial charge on any atom is 0.416 e. The van der Waals surface area contributed by atoms with Crippen molar-refractivity contribution in [2.75, 3.05) is 65.3 Å². The zero-order chi connectivity index (χ0) is 37.0. The number of hydrogen-bond donors (Lipinski definition) is 1. The normalized spacial score (nSPS) is 15.4. The fraction of sp³-hybridized carbons (Fsp3) is 0.429. The van der Waals surface area contributed by atoms with E-state index in [4.69, 9.17) is 23.2 Å². The SMILES string of the molecule is C[C@@H](NC(=O)N(C)C)c1ccccc1N1CCN(CC[C@H](CN(C)C(=O)c2cc(C(F)(F)F)cc(C(F)(F)F)c2)c2ccc(Cl)c(Cl)c2)CC1. The second kappa shape index (κ2) is 16.1. The van der Waals surface area contributed by atoms with Crippen LogP contribution in [0.4, 0.5) is 36.8 Å². The van der Waals surface area contributed by atoms with Crippen LogP contribution >= 0.6 is 23.2 Å². The number of nitrogens with zero attached hydrogens (tertiary/aromatic N) is 4. The number of likely N-dealkylation sites (N-methyl/N-ethyl adjacent to an activating group) is 1. The van der Waals surface area contributed by atoms with Crippen LogP contribution in [-0.2, 0) is 12.4 Å². The third kappa shape index (κ3) is 9.97. The fourth-order valence-electron chi connectivity index (χ4n) is 5.93. The molecule has 3 aromatic carbocycles. The zero-order valence-corrected chi connectivity index (χ0v) is 29.5. The molecular formula is C35H39Cl2F6N5O2. The first-order valence-electron chi connectivity index (χ1n) is 15.9. The molecule has 3 aromatic rings. The number of halogens is 8. The number of nitrogens with one attached hydrogen (secondary N) is 1. The molecule has 2 atom stereocenters. The minimum atomic E-state index is -5.08. The summed E-state index contributed by atoms with van der Waals surface area (Å²) in [5.74, 6) is -1.35. The Labute approximate surface area is 297 Å². The van der Waals surface area contributed by atoms with E-state index in [1.165, 1.54) is 11.9 Å². The van der Waals surface area contributed by atoms with Crippen LogP contribution < -0.4 is 10.2 Å². The number of carbonyl (C=O) groups is 2. The molecule has 1 N–H and O–H groups in total. The van der Waals surface area contributed by atoms with E-state index < -0.39 is 35.0 Å². The van der Waals surface area contributed by atoms with Gasteiger partial charge in [0, 0.05) is 71.0 Å². The molecule has 0 spiro atoms. The summed E-state index contributed by atoms with van der Waals surface area (Å²) in [5.41, 5.74) is -1.09. The summed E-state index contributed by atoms with van der Waals surface area (Å²) in [5, 5.41) is 3.59. The van der Waals surface area contributed by atoms with Crippen LogP contribution in [0.5, 0.6) is 0 Å². The van der Waals surface area contributed by atoms with E-state index in [2.05, 4.69) is 15.1 Å². The van der Waals surface area contributed by atoms with Gasteiger partial charge in [-0.3, -0.25) is 9.69 Å². The molecule has 0 aliphatic carbocycles. The van der Waals surface area contributed by atoms with Crippen LogP contribution in [0.15, 0.2) is 60.7 Å². The van der Waals surface area contributed by atoms with Gasteiger partial charge < -0.3 is 20.0 Å². The van der Waals surface area contributed by atoms with Crippen LogP contribution in [0.3, 0.4) is 0 Å². The minimum absolute atomic E-state index is 0.00170. The minimum Gasteiger partial charge on any atom is -0.369 e. The van der Waals surface area contributed by atoms with Crippen LogP contribution in [0.1, 0.15) is 57.9 Å². The van der Waals surface area contributed by atoms with Crippen molar-refractivity contribution in [1.82, 2.24) is 20.0 Å². The Kier molecular flexibility index (Phi) is 12.6. The third-order valence-corrected chi connectivity index (χ3v) is 9.49. The summed E-state index contributed by atoms with van der Waals surface area (Å²) in [4.78, 5) is 32.7. The van der Waals surface area contributed by atoms with Gasteiger partial charge in [-0.15, -0.1) is 0 Å². The number of benzene rings is 3. The van der Waals surface area contributed by atoms with Gasteiger partial charge in [-0.05, 0) is 67.4 Å². The summed E-state index contributed by atoms with van der Waals surface area (Å²) in [6, 6.07) is 13.4. The standard InChI is InChI=1S/C35H39Cl2F6N5O2/c1-22(44-33(50)45(2)3)28-7-5-6-8-31(28)48-15-13-47(14-16-48)12-11-24(23-9-10-29(36)30(37)19-23)21-46(4)32(49)25-17-26(34(38,39)40)20-27(18-25)35(41,42)43/h5-10,17-20,22,24H,11-16,21H2,1-4H3,(H,44,50)/t22-,24-/m1/s1. The lowest BCUT2D eigenvalue weighted by molar-refractivity contribution is -0.143. The Balaban J connectivity index is 1.48. The summed E-state index contributed by atoms with van der Waals surface area (Å²) < 4.78 is 80.9. The van der Waals surface area contributed by atoms with E-state index in [-0.39, 0.29) is 35.6 Å². The van der Waals surface area contributed by atoms with Gasteiger partial charge in [-0.2, -0.15) is 26.3 Å². The van der Waals surface area contributed by atoms with Gasteiger partial charge >= 0.3 is 18.4 Å². The monoisotopic (exact) mass is 745 g/mol. The molecule has 1 saturated heterocycles. The van der Waals surface area contributed by atoms with Crippen LogP contribution in [0, 0.1) is 0 Å². The summed E-state index contributed by atoms with van der Waals surface area (Å²) in [6.07, 6.45) is -9.65. The number of piperazine rings is 1. The van der Waals surface area contributed by atoms with Crippen molar-refractivity contribution >= 4 is 40.8 Å². The third-order valence-electron chi connectivity index (χ3n) is 8.75. The summed E-state index contributed by atoms with van der Waals surface area (Å²) in [7, 11) is 4.70. The first kappa shape index (κ1) is 39.1. The van der Waals surface area contributed by atoms with Gasteiger partial charge in [0.1, 0.15) is 0 Å². The molecule has 0 unspecified atom stereocenters. The lowest BCUT2D eigenvalue weighted by Crippen LogP contribution is -2.47. The lowest BCUT2D eigenvalue weighted by atomic mass is 9.94. The van der Waals surface area contributed by atoms with Gasteiger partial charge in [-0.1, -0.05) is 47.5 Å². The average molecular weight is 747 g/mol. The molecule has 50 heavy (non-hydrogen) atoms. The van der Waals surface area contributed by atoms with Gasteiger partial charge in [0.15, 0.2) is 0 Å². The molecule has 0 radical (unpaired) electrons. The van der Waals surface area contributed by atoms with E-state index in [1.807, 2.05) is 31.2 Å². The highest BCUT2D eigenvalue weighted by Crippen LogP contribution is 2.37. The maximum absolute atomic E-state index is 13.5. The van der Waals surface area contributed by atoms with Crippen molar-refractivity contribution in [2.45, 2.75) is 37.7 Å². The second-order valence-corrected chi connectivity index (χ2v) is 13.4. The Hall–Kier alpha value is -3.68. The Morgan fingerprint density at radius 3 is 2.00 bits per heavy atom. The van der Waals surface area contributed by atoms with Crippen molar-refractivity contribution in [2.24, 2.45) is 0 Å². The van der Waals surface area contributed by atoms with Crippen LogP contribution in [0.25, 0.3) is 0 Å². The molecule has 7 nitrogen and oxygen atoms in total. The number of urea groups is 1. The van der Waals surface area contributed by atoms with Gasteiger partial charge in [0.05, 0.1) is 27.2 Å². The predicted molar refractivity (Wildman–Crippen MR) is 183 cm³/mol. The molecule has 272 valence electrons. The second-order valence-electron chi connectivity index (χ2n) is 12.6. The Bertz CT molecular complexity index is 1630. The van der Waals surface area contributed by atoms with Crippen molar-refractivity contribution in [3.8, 4) is 0 Å². The smallest absolute Gasteiger partial charge is 0.369 e. The molecule has 15 heteroatoms. The lowest BCUT2D eigenvalue weighted by Gasteiger charge is -2.38. The van der Waals surface area contributed by atoms with E-state index >= 15 is 0 Å². The number of amides is 3. The van der Waals surface area contributed by atoms with Gasteiger partial charge in [-0.25, -0.2) is 4.79 Å². The highest BCUT2D eigenvalue weighted by molar-refractivity contribution is 6.42. The van der Waals surface area contributed by atoms with Crippen molar-refractivity contribution < 1.29 is 35.9 Å². The average Bonchev–Trinajstić information content (AvgIpc) is 3.06. The number of carbonyl (C=O) groups excluding carboxylic acids is 2. The van der Waals surface area contributed by atoms with Gasteiger partial charge in [0.2, 0.25) is 0 Å². The van der Waals surface area contributed by atoms with E-state index in [9.17, 15) is 35.9 Å². The molecular weight excluding hydrogens is 707 g/mol. The molecule has 0 bridgehead atoms. The molecule has 0 saturated carbocycles. The number of alkyl halides is 6. The van der Waals surface area contributed by atoms with E-state index in [0.29, 0.717) is 56.3 Å². The van der Waals surface area contributed by atoms with Crippen molar-refractivity contribution in [1.29, 1.82) is 0 Å². The maximum atomic E-state index is 13.5. The Morgan fingerprint density at radius 2 is 1.44 bits per heavy atom. The number of anilines is 1. The zero-order valence-electron chi connectivity index (χ0n) is 28.0. The summed E-state index contributed by atoms with van der Waals surface area (Å²) >= 11 is 12.4. The predicted octanol–water partition coefficient (Wildman–Crippen LogP) is 8.43. The quantitative estimate of drug-likeness (QED) is 0.212. The first-order valence-corrected chi connectivity index (χ1v) is 16.6. The summed E-state index contributed by atoms with van der Waals surface area (Å²) in [6.45, 7) is 5.36. The van der Waals surface area contributed by atoms with Crippen molar-refractivity contribution in [3.05, 3.63) is 98.5 Å². The van der Waals surface area contributed by atoms with E-state index in [1.54, 1.807) is 32.3 Å². The molecule has 1 fully saturated rings. The molecule has 1 heterocycles.